The Labute approximate surface area is 161 Å². The summed E-state index contributed by atoms with van der Waals surface area (Å²) >= 11 is 6.03. The van der Waals surface area contributed by atoms with E-state index in [0.717, 1.165) is 0 Å². The maximum Gasteiger partial charge on any atom is 0.291 e. The normalized spacial score (nSPS) is 10.3. The topological polar surface area (TPSA) is 80.6 Å². The highest BCUT2D eigenvalue weighted by Gasteiger charge is 2.16. The molecule has 0 saturated heterocycles. The van der Waals surface area contributed by atoms with E-state index < -0.39 is 11.8 Å². The summed E-state index contributed by atoms with van der Waals surface area (Å²) in [4.78, 5) is 24.9. The van der Waals surface area contributed by atoms with Crippen molar-refractivity contribution in [3.8, 4) is 5.75 Å². The minimum absolute atomic E-state index is 0.142. The molecule has 0 aliphatic rings. The molecule has 0 aliphatic carbocycles. The third kappa shape index (κ3) is 4.68. The van der Waals surface area contributed by atoms with Gasteiger partial charge in [-0.2, -0.15) is 0 Å². The van der Waals surface area contributed by atoms with Gasteiger partial charge in [0.2, 0.25) is 0 Å². The second kappa shape index (κ2) is 8.42. The Balaban J connectivity index is 1.79. The van der Waals surface area contributed by atoms with Crippen LogP contribution in [0.25, 0.3) is 0 Å². The van der Waals surface area contributed by atoms with Gasteiger partial charge in [0.15, 0.2) is 5.76 Å². The number of hydrogen-bond donors (Lipinski definition) is 2. The van der Waals surface area contributed by atoms with Crippen molar-refractivity contribution < 1.29 is 18.7 Å². The van der Waals surface area contributed by atoms with Crippen LogP contribution in [0.5, 0.6) is 5.75 Å². The second-order valence-corrected chi connectivity index (χ2v) is 5.97. The molecule has 2 N–H and O–H groups in total. The number of carbonyl (C=O) groups is 2. The molecule has 2 aromatic carbocycles. The van der Waals surface area contributed by atoms with Crippen molar-refractivity contribution in [3.63, 3.8) is 0 Å². The van der Waals surface area contributed by atoms with Gasteiger partial charge in [-0.1, -0.05) is 11.6 Å². The van der Waals surface area contributed by atoms with Crippen LogP contribution < -0.4 is 15.4 Å². The number of nitrogens with one attached hydrogen (secondary N) is 2. The Morgan fingerprint density at radius 2 is 1.81 bits per heavy atom. The van der Waals surface area contributed by atoms with E-state index in [-0.39, 0.29) is 11.3 Å². The third-order valence-corrected chi connectivity index (χ3v) is 3.88. The van der Waals surface area contributed by atoms with E-state index in [9.17, 15) is 9.59 Å². The molecular weight excluding hydrogens is 368 g/mol. The lowest BCUT2D eigenvalue weighted by Crippen LogP contribution is -2.18. The predicted octanol–water partition coefficient (Wildman–Crippen LogP) is 4.84. The van der Waals surface area contributed by atoms with Crippen LogP contribution in [-0.4, -0.2) is 18.4 Å². The van der Waals surface area contributed by atoms with Gasteiger partial charge >= 0.3 is 0 Å². The molecule has 138 valence electrons. The van der Waals surface area contributed by atoms with E-state index in [1.54, 1.807) is 42.5 Å². The average molecular weight is 385 g/mol. The number of rotatable bonds is 6. The van der Waals surface area contributed by atoms with Gasteiger partial charge in [-0.25, -0.2) is 0 Å². The molecule has 0 bridgehead atoms. The van der Waals surface area contributed by atoms with Gasteiger partial charge in [-0.05, 0) is 61.5 Å². The van der Waals surface area contributed by atoms with Crippen molar-refractivity contribution in [2.75, 3.05) is 17.2 Å². The summed E-state index contributed by atoms with van der Waals surface area (Å²) in [5.41, 5.74) is 1.15. The van der Waals surface area contributed by atoms with Crippen molar-refractivity contribution >= 4 is 34.8 Å². The van der Waals surface area contributed by atoms with E-state index in [1.165, 1.54) is 18.4 Å². The molecule has 0 saturated carbocycles. The summed E-state index contributed by atoms with van der Waals surface area (Å²) in [5, 5.41) is 5.81. The van der Waals surface area contributed by atoms with Gasteiger partial charge in [0.1, 0.15) is 5.75 Å². The Kier molecular flexibility index (Phi) is 5.78. The molecule has 0 radical (unpaired) electrons. The SMILES string of the molecule is CCOc1ccc(NC(=O)c2cc(Cl)ccc2NC(=O)c2ccco2)cc1. The van der Waals surface area contributed by atoms with Gasteiger partial charge in [0, 0.05) is 10.7 Å². The molecule has 0 atom stereocenters. The molecule has 6 nitrogen and oxygen atoms in total. The standard InChI is InChI=1S/C20H17ClN2O4/c1-2-26-15-8-6-14(7-9-15)22-19(24)16-12-13(21)5-10-17(16)23-20(25)18-4-3-11-27-18/h3-12H,2H2,1H3,(H,22,24)(H,23,25). The Morgan fingerprint density at radius 3 is 2.48 bits per heavy atom. The van der Waals surface area contributed by atoms with Crippen molar-refractivity contribution in [3.05, 3.63) is 77.2 Å². The van der Waals surface area contributed by atoms with Crippen molar-refractivity contribution in [2.24, 2.45) is 0 Å². The van der Waals surface area contributed by atoms with Crippen molar-refractivity contribution in [1.29, 1.82) is 0 Å². The summed E-state index contributed by atoms with van der Waals surface area (Å²) in [6, 6.07) is 14.8. The van der Waals surface area contributed by atoms with Gasteiger partial charge in [-0.15, -0.1) is 0 Å². The molecule has 3 aromatic rings. The van der Waals surface area contributed by atoms with E-state index in [1.807, 2.05) is 6.92 Å². The van der Waals surface area contributed by atoms with E-state index in [4.69, 9.17) is 20.8 Å². The maximum atomic E-state index is 12.7. The number of benzene rings is 2. The minimum atomic E-state index is -0.461. The molecule has 0 unspecified atom stereocenters. The molecule has 2 amide bonds. The highest BCUT2D eigenvalue weighted by molar-refractivity contribution is 6.31. The van der Waals surface area contributed by atoms with Crippen LogP contribution in [0.3, 0.4) is 0 Å². The highest BCUT2D eigenvalue weighted by Crippen LogP contribution is 2.23. The zero-order chi connectivity index (χ0) is 19.2. The van der Waals surface area contributed by atoms with Gasteiger partial charge < -0.3 is 19.8 Å². The first-order valence-electron chi connectivity index (χ1n) is 8.25. The number of ether oxygens (including phenoxy) is 1. The van der Waals surface area contributed by atoms with Crippen LogP contribution in [0.1, 0.15) is 27.8 Å². The van der Waals surface area contributed by atoms with E-state index in [0.29, 0.717) is 28.8 Å². The summed E-state index contributed by atoms with van der Waals surface area (Å²) < 4.78 is 10.4. The van der Waals surface area contributed by atoms with Gasteiger partial charge in [0.05, 0.1) is 24.1 Å². The van der Waals surface area contributed by atoms with Crippen LogP contribution in [0.2, 0.25) is 5.02 Å². The van der Waals surface area contributed by atoms with Crippen LogP contribution >= 0.6 is 11.6 Å². The summed E-state index contributed by atoms with van der Waals surface area (Å²) in [6.45, 7) is 2.46. The fraction of sp³-hybridized carbons (Fsp3) is 0.100. The highest BCUT2D eigenvalue weighted by atomic mass is 35.5. The van der Waals surface area contributed by atoms with Crippen LogP contribution in [0.4, 0.5) is 11.4 Å². The second-order valence-electron chi connectivity index (χ2n) is 5.53. The number of halogens is 1. The molecule has 1 aromatic heterocycles. The quantitative estimate of drug-likeness (QED) is 0.637. The molecule has 1 heterocycles. The lowest BCUT2D eigenvalue weighted by atomic mass is 10.1. The Morgan fingerprint density at radius 1 is 1.04 bits per heavy atom. The first-order valence-corrected chi connectivity index (χ1v) is 8.63. The Hall–Kier alpha value is -3.25. The molecule has 0 fully saturated rings. The largest absolute Gasteiger partial charge is 0.494 e. The fourth-order valence-electron chi connectivity index (χ4n) is 2.40. The Bertz CT molecular complexity index is 937. The molecule has 7 heteroatoms. The smallest absolute Gasteiger partial charge is 0.291 e. The summed E-state index contributed by atoms with van der Waals surface area (Å²) in [6.07, 6.45) is 1.40. The molecule has 3 rings (SSSR count). The predicted molar refractivity (Wildman–Crippen MR) is 104 cm³/mol. The van der Waals surface area contributed by atoms with E-state index >= 15 is 0 Å². The van der Waals surface area contributed by atoms with Crippen LogP contribution in [-0.2, 0) is 0 Å². The first-order chi connectivity index (χ1) is 13.1. The van der Waals surface area contributed by atoms with Gasteiger partial charge in [-0.3, -0.25) is 9.59 Å². The fourth-order valence-corrected chi connectivity index (χ4v) is 2.58. The molecule has 0 aliphatic heterocycles. The monoisotopic (exact) mass is 384 g/mol. The third-order valence-electron chi connectivity index (χ3n) is 3.64. The minimum Gasteiger partial charge on any atom is -0.494 e. The lowest BCUT2D eigenvalue weighted by Gasteiger charge is -2.12. The van der Waals surface area contributed by atoms with Crippen LogP contribution in [0, 0.1) is 0 Å². The van der Waals surface area contributed by atoms with Crippen molar-refractivity contribution in [2.45, 2.75) is 6.92 Å². The van der Waals surface area contributed by atoms with E-state index in [2.05, 4.69) is 10.6 Å². The number of anilines is 2. The lowest BCUT2D eigenvalue weighted by molar-refractivity contribution is 0.0996. The molecule has 27 heavy (non-hydrogen) atoms. The summed E-state index contributed by atoms with van der Waals surface area (Å²) in [5.74, 6) is -0.0127. The number of hydrogen-bond acceptors (Lipinski definition) is 4. The molecular formula is C20H17ClN2O4. The van der Waals surface area contributed by atoms with Gasteiger partial charge in [0.25, 0.3) is 11.8 Å². The molecule has 0 spiro atoms. The van der Waals surface area contributed by atoms with Crippen molar-refractivity contribution in [1.82, 2.24) is 0 Å². The zero-order valence-electron chi connectivity index (χ0n) is 14.5. The maximum absolute atomic E-state index is 12.7. The number of amides is 2. The first kappa shape index (κ1) is 18.5. The number of furan rings is 1. The number of carbonyl (C=O) groups excluding carboxylic acids is 2. The zero-order valence-corrected chi connectivity index (χ0v) is 15.2. The van der Waals surface area contributed by atoms with Crippen LogP contribution in [0.15, 0.2) is 65.3 Å². The summed E-state index contributed by atoms with van der Waals surface area (Å²) in [7, 11) is 0. The average Bonchev–Trinajstić information content (AvgIpc) is 3.20.